The first-order valence-electron chi connectivity index (χ1n) is 15.4. The van der Waals surface area contributed by atoms with E-state index in [0.29, 0.717) is 5.02 Å². The Morgan fingerprint density at radius 3 is 1.82 bits per heavy atom. The van der Waals surface area contributed by atoms with Gasteiger partial charge in [0.2, 0.25) is 0 Å². The fourth-order valence-corrected chi connectivity index (χ4v) is 7.29. The molecule has 1 aromatic heterocycles. The summed E-state index contributed by atoms with van der Waals surface area (Å²) in [4.78, 5) is 7.59. The number of aliphatic hydroxyl groups is 1. The first kappa shape index (κ1) is 28.5. The lowest BCUT2D eigenvalue weighted by molar-refractivity contribution is -0.0169. The summed E-state index contributed by atoms with van der Waals surface area (Å²) < 4.78 is 0. The van der Waals surface area contributed by atoms with E-state index in [4.69, 9.17) is 16.6 Å². The molecule has 0 amide bonds. The Labute approximate surface area is 264 Å². The monoisotopic (exact) mass is 594 g/mol. The zero-order valence-corrected chi connectivity index (χ0v) is 25.3. The Kier molecular flexibility index (Phi) is 8.01. The smallest absolute Gasteiger partial charge is 0.0976 e. The third-order valence-corrected chi connectivity index (χ3v) is 9.38. The number of aromatic nitrogens is 1. The van der Waals surface area contributed by atoms with Crippen LogP contribution < -0.4 is 0 Å². The molecule has 5 aromatic carbocycles. The van der Waals surface area contributed by atoms with Crippen LogP contribution >= 0.6 is 11.6 Å². The summed E-state index contributed by atoms with van der Waals surface area (Å²) in [6, 6.07) is 50.2. The number of nitrogens with zero attached hydrogens (tertiary/aromatic N) is 2. The molecule has 2 atom stereocenters. The number of piperidine rings is 1. The number of rotatable bonds is 7. The van der Waals surface area contributed by atoms with Gasteiger partial charge in [-0.3, -0.25) is 4.90 Å². The van der Waals surface area contributed by atoms with Crippen LogP contribution in [0.4, 0.5) is 0 Å². The molecular formula is C40H35ClN2O. The van der Waals surface area contributed by atoms with Gasteiger partial charge in [0.25, 0.3) is 0 Å². The molecule has 0 bridgehead atoms. The molecule has 1 aliphatic heterocycles. The molecule has 0 unspecified atom stereocenters. The van der Waals surface area contributed by atoms with Gasteiger partial charge < -0.3 is 5.11 Å². The van der Waals surface area contributed by atoms with Crippen molar-refractivity contribution in [1.82, 2.24) is 9.88 Å². The van der Waals surface area contributed by atoms with Crippen LogP contribution in [-0.2, 0) is 5.54 Å². The topological polar surface area (TPSA) is 36.4 Å². The van der Waals surface area contributed by atoms with E-state index in [0.717, 1.165) is 53.5 Å². The Morgan fingerprint density at radius 2 is 1.23 bits per heavy atom. The van der Waals surface area contributed by atoms with Crippen molar-refractivity contribution in [2.24, 2.45) is 0 Å². The minimum atomic E-state index is -0.746. The second kappa shape index (κ2) is 12.4. The lowest BCUT2D eigenvalue weighted by Crippen LogP contribution is -2.56. The highest BCUT2D eigenvalue weighted by Crippen LogP contribution is 2.48. The van der Waals surface area contributed by atoms with Crippen molar-refractivity contribution < 1.29 is 5.11 Å². The van der Waals surface area contributed by atoms with Crippen LogP contribution in [0.2, 0.25) is 5.02 Å². The SMILES string of the molecule is O[C@H](c1cc(-c2ccc(Cl)cc2)nc2ccccc12)[C@@H]1CCCCN1C(c1ccccc1)(c1ccccc1)c1ccccc1. The fourth-order valence-electron chi connectivity index (χ4n) is 7.16. The van der Waals surface area contributed by atoms with Crippen molar-refractivity contribution >= 4 is 22.5 Å². The number of benzene rings is 5. The van der Waals surface area contributed by atoms with Gasteiger partial charge in [0, 0.05) is 28.6 Å². The van der Waals surface area contributed by atoms with Crippen LogP contribution in [0.15, 0.2) is 146 Å². The molecule has 218 valence electrons. The van der Waals surface area contributed by atoms with Crippen molar-refractivity contribution in [2.45, 2.75) is 36.9 Å². The standard InChI is InChI=1S/C40H35ClN2O/c41-33-25-23-29(24-26-33)37-28-35(34-20-10-11-21-36(34)42-37)39(44)38-22-12-13-27-43(38)40(30-14-4-1-5-15-30,31-16-6-2-7-17-31)32-18-8-3-9-19-32/h1-11,14-21,23-26,28,38-39,44H,12-13,22,27H2/t38-,39+/m0/s1. The second-order valence-electron chi connectivity index (χ2n) is 11.6. The number of para-hydroxylation sites is 1. The molecule has 0 saturated carbocycles. The Hall–Kier alpha value is -4.28. The van der Waals surface area contributed by atoms with E-state index in [-0.39, 0.29) is 6.04 Å². The summed E-state index contributed by atoms with van der Waals surface area (Å²) in [6.45, 7) is 0.855. The van der Waals surface area contributed by atoms with Gasteiger partial charge in [-0.15, -0.1) is 0 Å². The number of hydrogen-bond acceptors (Lipinski definition) is 3. The van der Waals surface area contributed by atoms with Gasteiger partial charge in [0.1, 0.15) is 0 Å². The molecule has 6 aromatic rings. The largest absolute Gasteiger partial charge is 0.387 e. The van der Waals surface area contributed by atoms with Crippen LogP contribution in [0.5, 0.6) is 0 Å². The first-order valence-corrected chi connectivity index (χ1v) is 15.8. The molecule has 1 saturated heterocycles. The number of likely N-dealkylation sites (tertiary alicyclic amines) is 1. The third kappa shape index (κ3) is 5.11. The van der Waals surface area contributed by atoms with E-state index in [1.165, 1.54) is 16.7 Å². The molecule has 1 fully saturated rings. The Bertz CT molecular complexity index is 1750. The highest BCUT2D eigenvalue weighted by molar-refractivity contribution is 6.30. The number of fused-ring (bicyclic) bond motifs is 1. The number of aliphatic hydroxyl groups excluding tert-OH is 1. The molecule has 0 spiro atoms. The molecule has 1 aliphatic rings. The third-order valence-electron chi connectivity index (χ3n) is 9.13. The van der Waals surface area contributed by atoms with Gasteiger partial charge in [-0.05, 0) is 59.4 Å². The molecule has 0 radical (unpaired) electrons. The van der Waals surface area contributed by atoms with Gasteiger partial charge >= 0.3 is 0 Å². The maximum Gasteiger partial charge on any atom is 0.0976 e. The van der Waals surface area contributed by atoms with Crippen LogP contribution in [0.1, 0.15) is 47.6 Å². The summed E-state index contributed by atoms with van der Waals surface area (Å²) in [5, 5.41) is 14.3. The number of pyridine rings is 1. The van der Waals surface area contributed by atoms with Gasteiger partial charge in [-0.1, -0.05) is 139 Å². The zero-order valence-electron chi connectivity index (χ0n) is 24.6. The fraction of sp³-hybridized carbons (Fsp3) is 0.175. The molecule has 0 aliphatic carbocycles. The predicted molar refractivity (Wildman–Crippen MR) is 181 cm³/mol. The van der Waals surface area contributed by atoms with Crippen molar-refractivity contribution in [3.05, 3.63) is 173 Å². The lowest BCUT2D eigenvalue weighted by atomic mass is 9.73. The molecule has 7 rings (SSSR count). The van der Waals surface area contributed by atoms with Crippen LogP contribution in [0, 0.1) is 0 Å². The normalized spacial score (nSPS) is 16.5. The second-order valence-corrected chi connectivity index (χ2v) is 12.1. The van der Waals surface area contributed by atoms with Gasteiger partial charge in [0.15, 0.2) is 0 Å². The van der Waals surface area contributed by atoms with Crippen molar-refractivity contribution in [2.75, 3.05) is 6.54 Å². The highest BCUT2D eigenvalue weighted by Gasteiger charge is 2.47. The van der Waals surface area contributed by atoms with Crippen LogP contribution in [0.3, 0.4) is 0 Å². The van der Waals surface area contributed by atoms with Gasteiger partial charge in [-0.25, -0.2) is 4.98 Å². The maximum absolute atomic E-state index is 12.6. The van der Waals surface area contributed by atoms with E-state index < -0.39 is 11.6 Å². The predicted octanol–water partition coefficient (Wildman–Crippen LogP) is 9.44. The van der Waals surface area contributed by atoms with Gasteiger partial charge in [-0.2, -0.15) is 0 Å². The molecular weight excluding hydrogens is 560 g/mol. The average molecular weight is 595 g/mol. The quantitative estimate of drug-likeness (QED) is 0.187. The minimum absolute atomic E-state index is 0.145. The summed E-state index contributed by atoms with van der Waals surface area (Å²) in [6.07, 6.45) is 2.25. The molecule has 3 nitrogen and oxygen atoms in total. The van der Waals surface area contributed by atoms with E-state index in [9.17, 15) is 5.11 Å². The van der Waals surface area contributed by atoms with Crippen LogP contribution in [0.25, 0.3) is 22.2 Å². The van der Waals surface area contributed by atoms with Crippen molar-refractivity contribution in [1.29, 1.82) is 0 Å². The highest BCUT2D eigenvalue weighted by atomic mass is 35.5. The van der Waals surface area contributed by atoms with Gasteiger partial charge in [0.05, 0.1) is 22.9 Å². The van der Waals surface area contributed by atoms with E-state index in [1.807, 2.05) is 42.5 Å². The van der Waals surface area contributed by atoms with Crippen LogP contribution in [-0.4, -0.2) is 27.6 Å². The number of halogens is 1. The maximum atomic E-state index is 12.6. The summed E-state index contributed by atoms with van der Waals surface area (Å²) >= 11 is 6.22. The zero-order chi connectivity index (χ0) is 29.9. The Morgan fingerprint density at radius 1 is 0.682 bits per heavy atom. The van der Waals surface area contributed by atoms with E-state index in [1.54, 1.807) is 0 Å². The molecule has 2 heterocycles. The Balaban J connectivity index is 1.44. The van der Waals surface area contributed by atoms with E-state index >= 15 is 0 Å². The molecule has 44 heavy (non-hydrogen) atoms. The summed E-state index contributed by atoms with van der Waals surface area (Å²) in [5.74, 6) is 0. The number of hydrogen-bond donors (Lipinski definition) is 1. The van der Waals surface area contributed by atoms with Crippen molar-refractivity contribution in [3.8, 4) is 11.3 Å². The summed E-state index contributed by atoms with van der Waals surface area (Å²) in [7, 11) is 0. The lowest BCUT2D eigenvalue weighted by Gasteiger charge is -2.52. The van der Waals surface area contributed by atoms with Crippen molar-refractivity contribution in [3.63, 3.8) is 0 Å². The molecule has 1 N–H and O–H groups in total. The average Bonchev–Trinajstić information content (AvgIpc) is 3.10. The molecule has 4 heteroatoms. The first-order chi connectivity index (χ1) is 21.7. The summed E-state index contributed by atoms with van der Waals surface area (Å²) in [5.41, 5.74) is 6.56. The van der Waals surface area contributed by atoms with E-state index in [2.05, 4.69) is 108 Å². The minimum Gasteiger partial charge on any atom is -0.387 e.